The summed E-state index contributed by atoms with van der Waals surface area (Å²) < 4.78 is 13.3. The van der Waals surface area contributed by atoms with Crippen LogP contribution >= 0.6 is 0 Å². The number of aromatic nitrogens is 3. The van der Waals surface area contributed by atoms with Gasteiger partial charge in [0.05, 0.1) is 11.8 Å². The summed E-state index contributed by atoms with van der Waals surface area (Å²) in [7, 11) is 0. The van der Waals surface area contributed by atoms with Crippen LogP contribution in [0, 0.1) is 0 Å². The summed E-state index contributed by atoms with van der Waals surface area (Å²) in [4.78, 5) is 9.04. The normalized spacial score (nSPS) is 17.1. The molecular weight excluding hydrogens is 316 g/mol. The van der Waals surface area contributed by atoms with Gasteiger partial charge in [-0.1, -0.05) is 25.3 Å². The molecule has 0 spiro atoms. The number of fused-ring (bicyclic) bond motifs is 2. The molecule has 6 nitrogen and oxygen atoms in total. The summed E-state index contributed by atoms with van der Waals surface area (Å²) in [5.74, 6) is 2.55. The van der Waals surface area contributed by atoms with Gasteiger partial charge in [0.2, 0.25) is 6.79 Å². The largest absolute Gasteiger partial charge is 0.454 e. The van der Waals surface area contributed by atoms with Gasteiger partial charge in [0, 0.05) is 18.4 Å². The van der Waals surface area contributed by atoms with Crippen LogP contribution in [-0.2, 0) is 0 Å². The van der Waals surface area contributed by atoms with Crippen LogP contribution in [0.4, 0.5) is 5.82 Å². The first-order valence-corrected chi connectivity index (χ1v) is 8.88. The molecule has 2 aliphatic rings. The minimum atomic E-state index is 0.257. The van der Waals surface area contributed by atoms with E-state index in [1.807, 2.05) is 24.4 Å². The quantitative estimate of drug-likeness (QED) is 0.787. The van der Waals surface area contributed by atoms with Crippen LogP contribution in [0.3, 0.4) is 0 Å². The van der Waals surface area contributed by atoms with Crippen LogP contribution in [0.2, 0.25) is 0 Å². The Kier molecular flexibility index (Phi) is 3.47. The lowest BCUT2D eigenvalue weighted by molar-refractivity contribution is 0.174. The highest BCUT2D eigenvalue weighted by molar-refractivity contribution is 5.82. The lowest BCUT2D eigenvalue weighted by Gasteiger charge is -2.24. The minimum Gasteiger partial charge on any atom is -0.454 e. The van der Waals surface area contributed by atoms with Crippen molar-refractivity contribution in [2.24, 2.45) is 0 Å². The maximum absolute atomic E-state index is 5.71. The molecule has 1 aliphatic heterocycles. The molecular formula is C19H20N4O2. The van der Waals surface area contributed by atoms with Crippen LogP contribution < -0.4 is 14.8 Å². The number of rotatable bonds is 3. The zero-order chi connectivity index (χ0) is 16.6. The van der Waals surface area contributed by atoms with Gasteiger partial charge in [0.1, 0.15) is 11.5 Å². The summed E-state index contributed by atoms with van der Waals surface area (Å²) in [5.41, 5.74) is 2.67. The van der Waals surface area contributed by atoms with Gasteiger partial charge in [-0.2, -0.15) is 0 Å². The number of ether oxygens (including phenoxy) is 2. The van der Waals surface area contributed by atoms with E-state index in [9.17, 15) is 0 Å². The van der Waals surface area contributed by atoms with E-state index in [0.717, 1.165) is 34.2 Å². The Morgan fingerprint density at radius 2 is 2.04 bits per heavy atom. The molecule has 0 radical (unpaired) electrons. The standard InChI is InChI=1S/C19H20N4O2/c1-2-5-13(6-3-1)21-19-17(22-16-11-20-9-10-23(16)19)14-7-4-8-15-18(14)25-12-24-15/h4,7-11,13,21H,1-3,5-6,12H2. The van der Waals surface area contributed by atoms with Gasteiger partial charge in [0.15, 0.2) is 17.1 Å². The number of imidazole rings is 1. The van der Waals surface area contributed by atoms with Crippen molar-refractivity contribution < 1.29 is 9.47 Å². The summed E-state index contributed by atoms with van der Waals surface area (Å²) in [5, 5.41) is 3.74. The van der Waals surface area contributed by atoms with E-state index in [-0.39, 0.29) is 6.79 Å². The van der Waals surface area contributed by atoms with E-state index in [1.165, 1.54) is 32.1 Å². The van der Waals surface area contributed by atoms with Gasteiger partial charge >= 0.3 is 0 Å². The first-order chi connectivity index (χ1) is 12.4. The highest BCUT2D eigenvalue weighted by atomic mass is 16.7. The third-order valence-electron chi connectivity index (χ3n) is 5.03. The molecule has 3 heterocycles. The molecule has 6 heteroatoms. The van der Waals surface area contributed by atoms with E-state index < -0.39 is 0 Å². The molecule has 25 heavy (non-hydrogen) atoms. The van der Waals surface area contributed by atoms with Crippen LogP contribution in [0.15, 0.2) is 36.8 Å². The van der Waals surface area contributed by atoms with E-state index in [0.29, 0.717) is 6.04 Å². The predicted octanol–water partition coefficient (Wildman–Crippen LogP) is 3.87. The molecule has 0 unspecified atom stereocenters. The van der Waals surface area contributed by atoms with Crippen molar-refractivity contribution in [3.8, 4) is 22.8 Å². The van der Waals surface area contributed by atoms with Gasteiger partial charge in [-0.25, -0.2) is 4.98 Å². The lowest BCUT2D eigenvalue weighted by Crippen LogP contribution is -2.23. The van der Waals surface area contributed by atoms with Crippen LogP contribution in [0.5, 0.6) is 11.5 Å². The molecule has 2 aromatic heterocycles. The van der Waals surface area contributed by atoms with Crippen molar-refractivity contribution in [3.63, 3.8) is 0 Å². The average Bonchev–Trinajstić information content (AvgIpc) is 3.27. The second-order valence-electron chi connectivity index (χ2n) is 6.63. The van der Waals surface area contributed by atoms with Gasteiger partial charge < -0.3 is 14.8 Å². The van der Waals surface area contributed by atoms with Crippen molar-refractivity contribution in [1.82, 2.24) is 14.4 Å². The van der Waals surface area contributed by atoms with Crippen LogP contribution in [-0.4, -0.2) is 27.2 Å². The van der Waals surface area contributed by atoms with E-state index >= 15 is 0 Å². The molecule has 0 amide bonds. The Balaban J connectivity index is 1.65. The summed E-state index contributed by atoms with van der Waals surface area (Å²) in [6.45, 7) is 0.257. The molecule has 1 aliphatic carbocycles. The summed E-state index contributed by atoms with van der Waals surface area (Å²) in [6.07, 6.45) is 11.8. The van der Waals surface area contributed by atoms with Gasteiger partial charge in [-0.05, 0) is 25.0 Å². The molecule has 1 saturated carbocycles. The van der Waals surface area contributed by atoms with Crippen molar-refractivity contribution in [1.29, 1.82) is 0 Å². The SMILES string of the molecule is c1cc2c(c(-c3nc4cnccn4c3NC3CCCCC3)c1)OCO2. The molecule has 128 valence electrons. The van der Waals surface area contributed by atoms with Crippen LogP contribution in [0.1, 0.15) is 32.1 Å². The summed E-state index contributed by atoms with van der Waals surface area (Å²) in [6, 6.07) is 6.43. The number of hydrogen-bond acceptors (Lipinski definition) is 5. The number of nitrogens with zero attached hydrogens (tertiary/aromatic N) is 3. The highest BCUT2D eigenvalue weighted by Crippen LogP contribution is 2.43. The molecule has 0 saturated heterocycles. The Bertz CT molecular complexity index is 915. The molecule has 5 rings (SSSR count). The molecule has 1 N–H and O–H groups in total. The number of hydrogen-bond donors (Lipinski definition) is 1. The molecule has 0 bridgehead atoms. The Hall–Kier alpha value is -2.76. The third-order valence-corrected chi connectivity index (χ3v) is 5.03. The predicted molar refractivity (Wildman–Crippen MR) is 95.0 cm³/mol. The first kappa shape index (κ1) is 14.6. The molecule has 1 aromatic carbocycles. The molecule has 3 aromatic rings. The van der Waals surface area contributed by atoms with Gasteiger partial charge in [-0.15, -0.1) is 0 Å². The van der Waals surface area contributed by atoms with Crippen molar-refractivity contribution in [2.45, 2.75) is 38.1 Å². The smallest absolute Gasteiger partial charge is 0.231 e. The molecule has 1 fully saturated rings. The summed E-state index contributed by atoms with van der Waals surface area (Å²) >= 11 is 0. The van der Waals surface area contributed by atoms with Crippen molar-refractivity contribution in [2.75, 3.05) is 12.1 Å². The number of nitrogens with one attached hydrogen (secondary N) is 1. The van der Waals surface area contributed by atoms with E-state index in [4.69, 9.17) is 14.5 Å². The molecule has 0 atom stereocenters. The third kappa shape index (κ3) is 2.49. The second kappa shape index (κ2) is 5.95. The lowest BCUT2D eigenvalue weighted by atomic mass is 9.95. The van der Waals surface area contributed by atoms with Gasteiger partial charge in [-0.3, -0.25) is 9.38 Å². The monoisotopic (exact) mass is 336 g/mol. The number of anilines is 1. The minimum absolute atomic E-state index is 0.257. The van der Waals surface area contributed by atoms with Crippen molar-refractivity contribution >= 4 is 11.5 Å². The number of para-hydroxylation sites is 1. The average molecular weight is 336 g/mol. The number of benzene rings is 1. The van der Waals surface area contributed by atoms with Crippen LogP contribution in [0.25, 0.3) is 16.9 Å². The van der Waals surface area contributed by atoms with Gasteiger partial charge in [0.25, 0.3) is 0 Å². The topological polar surface area (TPSA) is 60.7 Å². The fourth-order valence-corrected chi connectivity index (χ4v) is 3.79. The van der Waals surface area contributed by atoms with E-state index in [2.05, 4.69) is 14.7 Å². The Morgan fingerprint density at radius 1 is 1.12 bits per heavy atom. The zero-order valence-corrected chi connectivity index (χ0v) is 13.9. The van der Waals surface area contributed by atoms with Crippen molar-refractivity contribution in [3.05, 3.63) is 36.8 Å². The Labute approximate surface area is 145 Å². The van der Waals surface area contributed by atoms with E-state index in [1.54, 1.807) is 12.4 Å². The fourth-order valence-electron chi connectivity index (χ4n) is 3.79. The Morgan fingerprint density at radius 3 is 2.96 bits per heavy atom. The maximum atomic E-state index is 5.71. The second-order valence-corrected chi connectivity index (χ2v) is 6.63. The maximum Gasteiger partial charge on any atom is 0.231 e. The fraction of sp³-hybridized carbons (Fsp3) is 0.368. The first-order valence-electron chi connectivity index (χ1n) is 8.88. The highest BCUT2D eigenvalue weighted by Gasteiger charge is 2.25. The zero-order valence-electron chi connectivity index (χ0n) is 13.9.